The van der Waals surface area contributed by atoms with E-state index in [-0.39, 0.29) is 18.1 Å². The fraction of sp³-hybridized carbons (Fsp3) is 0.500. The van der Waals surface area contributed by atoms with Crippen LogP contribution in [0.3, 0.4) is 0 Å². The lowest BCUT2D eigenvalue weighted by Gasteiger charge is -2.26. The van der Waals surface area contributed by atoms with Gasteiger partial charge in [0.25, 0.3) is 5.91 Å². The number of rotatable bonds is 12. The summed E-state index contributed by atoms with van der Waals surface area (Å²) in [6.45, 7) is 4.83. The van der Waals surface area contributed by atoms with E-state index in [4.69, 9.17) is 9.47 Å². The summed E-state index contributed by atoms with van der Waals surface area (Å²) in [6, 6.07) is 15.8. The molecule has 1 aliphatic heterocycles. The van der Waals surface area contributed by atoms with Crippen LogP contribution < -0.4 is 16.0 Å². The summed E-state index contributed by atoms with van der Waals surface area (Å²) in [5, 5.41) is 9.04. The fourth-order valence-electron chi connectivity index (χ4n) is 4.48. The van der Waals surface area contributed by atoms with Crippen LogP contribution in [-0.4, -0.2) is 65.1 Å². The number of nitrogens with one attached hydrogen (secondary N) is 3. The summed E-state index contributed by atoms with van der Waals surface area (Å²) < 4.78 is 16.4. The predicted molar refractivity (Wildman–Crippen MR) is 139 cm³/mol. The van der Waals surface area contributed by atoms with Crippen LogP contribution in [-0.2, 0) is 14.2 Å². The van der Waals surface area contributed by atoms with Crippen LogP contribution in [0.25, 0.3) is 0 Å². The molecule has 1 aliphatic rings. The smallest absolute Gasteiger partial charge is 0.406 e. The molecule has 3 atom stereocenters. The van der Waals surface area contributed by atoms with Gasteiger partial charge in [0.2, 0.25) is 0 Å². The second-order valence-corrected chi connectivity index (χ2v) is 9.22. The van der Waals surface area contributed by atoms with E-state index in [0.29, 0.717) is 31.2 Å². The molecule has 1 saturated heterocycles. The molecular weight excluding hydrogens is 458 g/mol. The molecule has 0 radical (unpaired) electrons. The topological polar surface area (TPSA) is 97.9 Å². The monoisotopic (exact) mass is 497 g/mol. The fourth-order valence-corrected chi connectivity index (χ4v) is 4.48. The number of methoxy groups -OCH3 is 1. The number of benzene rings is 2. The lowest BCUT2D eigenvalue weighted by molar-refractivity contribution is 0.0478. The number of hydrogen-bond acceptors (Lipinski definition) is 6. The van der Waals surface area contributed by atoms with Crippen molar-refractivity contribution in [1.82, 2.24) is 16.0 Å². The molecule has 1 fully saturated rings. The van der Waals surface area contributed by atoms with Gasteiger partial charge in [0.05, 0.1) is 13.7 Å². The van der Waals surface area contributed by atoms with Crippen molar-refractivity contribution in [1.29, 1.82) is 0 Å². The minimum Gasteiger partial charge on any atom is -0.453 e. The zero-order valence-corrected chi connectivity index (χ0v) is 21.5. The number of aryl methyl sites for hydroxylation is 1. The summed E-state index contributed by atoms with van der Waals surface area (Å²) >= 11 is 0. The molecule has 3 N–H and O–H groups in total. The first-order valence-corrected chi connectivity index (χ1v) is 12.6. The van der Waals surface area contributed by atoms with Crippen molar-refractivity contribution in [2.24, 2.45) is 5.92 Å². The van der Waals surface area contributed by atoms with Gasteiger partial charge in [-0.25, -0.2) is 4.79 Å². The molecular formula is C28H39N3O5. The van der Waals surface area contributed by atoms with Gasteiger partial charge in [-0.3, -0.25) is 4.79 Å². The Kier molecular flexibility index (Phi) is 11.2. The van der Waals surface area contributed by atoms with E-state index in [1.807, 2.05) is 56.4 Å². The maximum absolute atomic E-state index is 13.0. The average molecular weight is 498 g/mol. The second kappa shape index (κ2) is 14.6. The number of carbonyl (C=O) groups excluding carboxylic acids is 2. The standard InChI is InChI=1S/C28H39N3O5/c1-20-7-4-9-22(15-20)26(36-14-12-30-28(33)34-3)23-10-5-11-24(17-23)27(32)31-18-25(29-2)16-21-8-6-13-35-19-21/h4-5,7,9-11,15,17,21,25-26,29H,6,8,12-14,16,18-19H2,1-3H3,(H,30,33)(H,31,32)/t21-,25+,26?/m1/s1. The summed E-state index contributed by atoms with van der Waals surface area (Å²) in [5.41, 5.74) is 3.55. The quantitative estimate of drug-likeness (QED) is 0.388. The van der Waals surface area contributed by atoms with E-state index in [0.717, 1.165) is 42.7 Å². The van der Waals surface area contributed by atoms with Crippen LogP contribution in [0.15, 0.2) is 48.5 Å². The highest BCUT2D eigenvalue weighted by Crippen LogP contribution is 2.27. The van der Waals surface area contributed by atoms with Crippen LogP contribution in [0.4, 0.5) is 4.79 Å². The zero-order chi connectivity index (χ0) is 25.8. The van der Waals surface area contributed by atoms with Crippen LogP contribution >= 0.6 is 0 Å². The molecule has 0 bridgehead atoms. The van der Waals surface area contributed by atoms with Gasteiger partial charge >= 0.3 is 6.09 Å². The lowest BCUT2D eigenvalue weighted by Crippen LogP contribution is -2.41. The number of hydrogen-bond donors (Lipinski definition) is 3. The highest BCUT2D eigenvalue weighted by Gasteiger charge is 2.20. The van der Waals surface area contributed by atoms with Crippen LogP contribution in [0.1, 0.15) is 52.4 Å². The molecule has 36 heavy (non-hydrogen) atoms. The maximum atomic E-state index is 13.0. The lowest BCUT2D eigenvalue weighted by atomic mass is 9.94. The van der Waals surface area contributed by atoms with E-state index in [1.165, 1.54) is 13.5 Å². The molecule has 0 aromatic heterocycles. The van der Waals surface area contributed by atoms with Crippen molar-refractivity contribution in [2.75, 3.05) is 47.1 Å². The number of likely N-dealkylation sites (N-methyl/N-ethyl adjacent to an activating group) is 1. The Balaban J connectivity index is 1.66. The van der Waals surface area contributed by atoms with Gasteiger partial charge in [0, 0.05) is 37.9 Å². The Morgan fingerprint density at radius 3 is 2.58 bits per heavy atom. The molecule has 1 unspecified atom stereocenters. The van der Waals surface area contributed by atoms with Gasteiger partial charge in [-0.1, -0.05) is 42.0 Å². The minimum absolute atomic E-state index is 0.118. The van der Waals surface area contributed by atoms with E-state index < -0.39 is 6.09 Å². The van der Waals surface area contributed by atoms with E-state index in [2.05, 4.69) is 26.8 Å². The third-order valence-corrected chi connectivity index (χ3v) is 6.43. The largest absolute Gasteiger partial charge is 0.453 e. The average Bonchev–Trinajstić information content (AvgIpc) is 2.91. The first kappa shape index (κ1) is 27.6. The Hall–Kier alpha value is -2.94. The molecule has 8 heteroatoms. The molecule has 0 aliphatic carbocycles. The number of ether oxygens (including phenoxy) is 3. The summed E-state index contributed by atoms with van der Waals surface area (Å²) in [7, 11) is 3.26. The van der Waals surface area contributed by atoms with Crippen LogP contribution in [0, 0.1) is 12.8 Å². The number of carbonyl (C=O) groups is 2. The van der Waals surface area contributed by atoms with E-state index in [9.17, 15) is 9.59 Å². The third kappa shape index (κ3) is 8.62. The minimum atomic E-state index is -0.500. The van der Waals surface area contributed by atoms with Crippen molar-refractivity contribution in [3.05, 3.63) is 70.8 Å². The van der Waals surface area contributed by atoms with Gasteiger partial charge < -0.3 is 30.2 Å². The van der Waals surface area contributed by atoms with E-state index >= 15 is 0 Å². The van der Waals surface area contributed by atoms with Gasteiger partial charge in [0.15, 0.2) is 0 Å². The van der Waals surface area contributed by atoms with Gasteiger partial charge in [0.1, 0.15) is 6.10 Å². The highest BCUT2D eigenvalue weighted by atomic mass is 16.5. The molecule has 2 aromatic rings. The third-order valence-electron chi connectivity index (χ3n) is 6.43. The first-order valence-electron chi connectivity index (χ1n) is 12.6. The summed E-state index contributed by atoms with van der Waals surface area (Å²) in [6.07, 6.45) is 2.36. The molecule has 196 valence electrons. The second-order valence-electron chi connectivity index (χ2n) is 9.22. The molecule has 2 aromatic carbocycles. The van der Waals surface area contributed by atoms with Crippen LogP contribution in [0.2, 0.25) is 0 Å². The van der Waals surface area contributed by atoms with Crippen molar-refractivity contribution in [2.45, 2.75) is 38.3 Å². The Labute approximate surface area is 214 Å². The van der Waals surface area contributed by atoms with Gasteiger partial charge in [-0.15, -0.1) is 0 Å². The van der Waals surface area contributed by atoms with Gasteiger partial charge in [-0.2, -0.15) is 0 Å². The SMILES string of the molecule is CN[C@H](CNC(=O)c1cccc(C(OCCNC(=O)OC)c2cccc(C)c2)c1)C[C@H]1CCCOC1. The molecule has 3 rings (SSSR count). The molecule has 1 heterocycles. The highest BCUT2D eigenvalue weighted by molar-refractivity contribution is 5.94. The van der Waals surface area contributed by atoms with Crippen molar-refractivity contribution in [3.63, 3.8) is 0 Å². The first-order chi connectivity index (χ1) is 17.5. The van der Waals surface area contributed by atoms with Crippen LogP contribution in [0.5, 0.6) is 0 Å². The number of alkyl carbamates (subject to hydrolysis) is 1. The predicted octanol–water partition coefficient (Wildman–Crippen LogP) is 3.59. The summed E-state index contributed by atoms with van der Waals surface area (Å²) in [5.74, 6) is 0.407. The van der Waals surface area contributed by atoms with Crippen molar-refractivity contribution in [3.8, 4) is 0 Å². The normalized spacial score (nSPS) is 17.1. The maximum Gasteiger partial charge on any atom is 0.406 e. The number of amides is 2. The molecule has 0 saturated carbocycles. The summed E-state index contributed by atoms with van der Waals surface area (Å²) in [4.78, 5) is 24.4. The zero-order valence-electron chi connectivity index (χ0n) is 21.5. The Morgan fingerprint density at radius 1 is 1.11 bits per heavy atom. The molecule has 2 amide bonds. The van der Waals surface area contributed by atoms with E-state index in [1.54, 1.807) is 0 Å². The Bertz CT molecular complexity index is 977. The molecule has 0 spiro atoms. The van der Waals surface area contributed by atoms with Crippen molar-refractivity contribution >= 4 is 12.0 Å². The molecule has 8 nitrogen and oxygen atoms in total. The Morgan fingerprint density at radius 2 is 1.89 bits per heavy atom. The van der Waals surface area contributed by atoms with Gasteiger partial charge in [-0.05, 0) is 62.4 Å². The van der Waals surface area contributed by atoms with Crippen molar-refractivity contribution < 1.29 is 23.8 Å².